The molecule has 0 aliphatic heterocycles. The van der Waals surface area contributed by atoms with Crippen molar-refractivity contribution in [1.29, 1.82) is 0 Å². The number of anilines is 1. The molecule has 1 N–H and O–H groups in total. The van der Waals surface area contributed by atoms with E-state index in [9.17, 15) is 13.2 Å². The maximum atomic E-state index is 12.3. The number of alkyl halides is 3. The molecule has 0 aromatic carbocycles. The summed E-state index contributed by atoms with van der Waals surface area (Å²) >= 11 is 0. The molecule has 1 aromatic rings. The van der Waals surface area contributed by atoms with Gasteiger partial charge in [-0.25, -0.2) is 9.97 Å². The Morgan fingerprint density at radius 3 is 2.58 bits per heavy atom. The van der Waals surface area contributed by atoms with Crippen molar-refractivity contribution in [3.8, 4) is 0 Å². The fourth-order valence-electron chi connectivity index (χ4n) is 1.58. The zero-order chi connectivity index (χ0) is 14.5. The highest BCUT2D eigenvalue weighted by Crippen LogP contribution is 2.18. The first-order valence-corrected chi connectivity index (χ1v) is 6.14. The van der Waals surface area contributed by atoms with E-state index in [-0.39, 0.29) is 5.95 Å². The van der Waals surface area contributed by atoms with E-state index in [1.165, 1.54) is 7.05 Å². The van der Waals surface area contributed by atoms with Crippen LogP contribution >= 0.6 is 0 Å². The molecule has 1 heterocycles. The van der Waals surface area contributed by atoms with Gasteiger partial charge < -0.3 is 10.2 Å². The van der Waals surface area contributed by atoms with Crippen LogP contribution < -0.4 is 10.2 Å². The lowest BCUT2D eigenvalue weighted by Gasteiger charge is -2.19. The number of nitrogens with one attached hydrogen (secondary N) is 1. The molecule has 0 atom stereocenters. The number of rotatable bonds is 6. The zero-order valence-electron chi connectivity index (χ0n) is 11.4. The Hall–Kier alpha value is -1.37. The summed E-state index contributed by atoms with van der Waals surface area (Å²) in [6.07, 6.45) is -1.66. The molecule has 0 unspecified atom stereocenters. The van der Waals surface area contributed by atoms with E-state index in [1.54, 1.807) is 13.1 Å². The zero-order valence-corrected chi connectivity index (χ0v) is 11.4. The normalized spacial score (nSPS) is 11.7. The molecule has 1 aromatic heterocycles. The van der Waals surface area contributed by atoms with E-state index in [2.05, 4.69) is 22.2 Å². The van der Waals surface area contributed by atoms with Gasteiger partial charge in [0.2, 0.25) is 5.95 Å². The lowest BCUT2D eigenvalue weighted by atomic mass is 10.2. The molecule has 0 fully saturated rings. The summed E-state index contributed by atoms with van der Waals surface area (Å²) in [5, 5.41) is 3.21. The van der Waals surface area contributed by atoms with Gasteiger partial charge in [0.15, 0.2) is 0 Å². The molecule has 108 valence electrons. The van der Waals surface area contributed by atoms with Gasteiger partial charge in [-0.1, -0.05) is 6.92 Å². The molecule has 0 saturated carbocycles. The monoisotopic (exact) mass is 276 g/mol. The fourth-order valence-corrected chi connectivity index (χ4v) is 1.58. The van der Waals surface area contributed by atoms with E-state index >= 15 is 0 Å². The Kier molecular flexibility index (Phi) is 5.53. The second-order valence-electron chi connectivity index (χ2n) is 4.43. The third kappa shape index (κ3) is 5.42. The minimum absolute atomic E-state index is 0.0917. The van der Waals surface area contributed by atoms with Crippen molar-refractivity contribution in [2.45, 2.75) is 33.0 Å². The topological polar surface area (TPSA) is 41.1 Å². The van der Waals surface area contributed by atoms with Crippen molar-refractivity contribution < 1.29 is 13.2 Å². The maximum Gasteiger partial charge on any atom is 0.406 e. The molecule has 4 nitrogen and oxygen atoms in total. The molecule has 19 heavy (non-hydrogen) atoms. The molecule has 0 aliphatic rings. The summed E-state index contributed by atoms with van der Waals surface area (Å²) in [6, 6.07) is 0. The summed E-state index contributed by atoms with van der Waals surface area (Å²) in [4.78, 5) is 9.08. The highest BCUT2D eigenvalue weighted by Gasteiger charge is 2.30. The van der Waals surface area contributed by atoms with Gasteiger partial charge in [0, 0.05) is 31.0 Å². The lowest BCUT2D eigenvalue weighted by molar-refractivity contribution is -0.119. The second-order valence-corrected chi connectivity index (χ2v) is 4.43. The highest BCUT2D eigenvalue weighted by atomic mass is 19.4. The van der Waals surface area contributed by atoms with Crippen LogP contribution in [0.25, 0.3) is 0 Å². The summed E-state index contributed by atoms with van der Waals surface area (Å²) in [6.45, 7) is 4.29. The maximum absolute atomic E-state index is 12.3. The standard InChI is InChI=1S/C12H19F3N4/c1-4-5-16-6-10-7-17-11(18-9(10)2)19(3)8-12(13,14)15/h7,16H,4-6,8H2,1-3H3. The third-order valence-electron chi connectivity index (χ3n) is 2.57. The Labute approximate surface area is 111 Å². The summed E-state index contributed by atoms with van der Waals surface area (Å²) in [5.74, 6) is 0.0917. The van der Waals surface area contributed by atoms with Crippen molar-refractivity contribution in [1.82, 2.24) is 15.3 Å². The molecule has 0 bridgehead atoms. The average Bonchev–Trinajstić information content (AvgIpc) is 2.29. The van der Waals surface area contributed by atoms with Crippen LogP contribution in [0.3, 0.4) is 0 Å². The van der Waals surface area contributed by atoms with Crippen LogP contribution in [-0.4, -0.2) is 36.3 Å². The SMILES string of the molecule is CCCNCc1cnc(N(C)CC(F)(F)F)nc1C. The number of aryl methyl sites for hydroxylation is 1. The summed E-state index contributed by atoms with van der Waals surface area (Å²) < 4.78 is 36.8. The van der Waals surface area contributed by atoms with Crippen molar-refractivity contribution >= 4 is 5.95 Å². The molecular weight excluding hydrogens is 257 g/mol. The fraction of sp³-hybridized carbons (Fsp3) is 0.667. The number of hydrogen-bond donors (Lipinski definition) is 1. The first-order chi connectivity index (χ1) is 8.83. The van der Waals surface area contributed by atoms with E-state index in [0.717, 1.165) is 23.4 Å². The van der Waals surface area contributed by atoms with Gasteiger partial charge in [0.25, 0.3) is 0 Å². The molecule has 1 rings (SSSR count). The van der Waals surface area contributed by atoms with Crippen molar-refractivity contribution in [2.75, 3.05) is 25.0 Å². The summed E-state index contributed by atoms with van der Waals surface area (Å²) in [5.41, 5.74) is 1.60. The molecular formula is C12H19F3N4. The van der Waals surface area contributed by atoms with E-state index in [1.807, 2.05) is 0 Å². The van der Waals surface area contributed by atoms with Gasteiger partial charge in [-0.3, -0.25) is 0 Å². The number of aromatic nitrogens is 2. The largest absolute Gasteiger partial charge is 0.406 e. The van der Waals surface area contributed by atoms with E-state index in [0.29, 0.717) is 12.2 Å². The van der Waals surface area contributed by atoms with Crippen LogP contribution in [0.5, 0.6) is 0 Å². The average molecular weight is 276 g/mol. The minimum Gasteiger partial charge on any atom is -0.335 e. The molecule has 7 heteroatoms. The van der Waals surface area contributed by atoms with Gasteiger partial charge in [0.1, 0.15) is 6.54 Å². The molecule has 0 spiro atoms. The lowest BCUT2D eigenvalue weighted by Crippen LogP contribution is -2.32. The van der Waals surface area contributed by atoms with Crippen molar-refractivity contribution in [2.24, 2.45) is 0 Å². The van der Waals surface area contributed by atoms with E-state index < -0.39 is 12.7 Å². The number of halogens is 3. The molecule has 0 aliphatic carbocycles. The quantitative estimate of drug-likeness (QED) is 0.809. The third-order valence-corrected chi connectivity index (χ3v) is 2.57. The first kappa shape index (κ1) is 15.7. The van der Waals surface area contributed by atoms with Crippen molar-refractivity contribution in [3.05, 3.63) is 17.5 Å². The van der Waals surface area contributed by atoms with Crippen LogP contribution in [0.1, 0.15) is 24.6 Å². The number of nitrogens with zero attached hydrogens (tertiary/aromatic N) is 3. The molecule has 0 saturated heterocycles. The van der Waals surface area contributed by atoms with Gasteiger partial charge >= 0.3 is 6.18 Å². The van der Waals surface area contributed by atoms with Gasteiger partial charge in [0.05, 0.1) is 0 Å². The Balaban J connectivity index is 2.70. The second kappa shape index (κ2) is 6.70. The van der Waals surface area contributed by atoms with Gasteiger partial charge in [-0.15, -0.1) is 0 Å². The van der Waals surface area contributed by atoms with E-state index in [4.69, 9.17) is 0 Å². The molecule has 0 amide bonds. The summed E-state index contributed by atoms with van der Waals surface area (Å²) in [7, 11) is 1.33. The minimum atomic E-state index is -4.26. The van der Waals surface area contributed by atoms with Gasteiger partial charge in [-0.05, 0) is 19.9 Å². The van der Waals surface area contributed by atoms with Crippen LogP contribution in [0.15, 0.2) is 6.20 Å². The predicted octanol–water partition coefficient (Wildman–Crippen LogP) is 2.28. The van der Waals surface area contributed by atoms with Crippen LogP contribution in [0, 0.1) is 6.92 Å². The van der Waals surface area contributed by atoms with Gasteiger partial charge in [-0.2, -0.15) is 13.2 Å². The molecule has 0 radical (unpaired) electrons. The number of hydrogen-bond acceptors (Lipinski definition) is 4. The Bertz CT molecular complexity index is 406. The highest BCUT2D eigenvalue weighted by molar-refractivity contribution is 5.32. The van der Waals surface area contributed by atoms with Crippen LogP contribution in [0.4, 0.5) is 19.1 Å². The van der Waals surface area contributed by atoms with Crippen molar-refractivity contribution in [3.63, 3.8) is 0 Å². The predicted molar refractivity (Wildman–Crippen MR) is 68.1 cm³/mol. The first-order valence-electron chi connectivity index (χ1n) is 6.14. The van der Waals surface area contributed by atoms with Crippen LogP contribution in [-0.2, 0) is 6.54 Å². The Morgan fingerprint density at radius 2 is 2.05 bits per heavy atom. The van der Waals surface area contributed by atoms with Crippen LogP contribution in [0.2, 0.25) is 0 Å². The smallest absolute Gasteiger partial charge is 0.335 e. The Morgan fingerprint density at radius 1 is 1.37 bits per heavy atom.